The van der Waals surface area contributed by atoms with Crippen LogP contribution in [0.25, 0.3) is 0 Å². The lowest BCUT2D eigenvalue weighted by molar-refractivity contribution is 0.00578. The summed E-state index contributed by atoms with van der Waals surface area (Å²) < 4.78 is 18.2. The van der Waals surface area contributed by atoms with E-state index in [9.17, 15) is 0 Å². The molecular formula is C18H27BO3. The second-order valence-corrected chi connectivity index (χ2v) is 7.56. The fourth-order valence-electron chi connectivity index (χ4n) is 3.14. The Morgan fingerprint density at radius 1 is 1.05 bits per heavy atom. The predicted octanol–water partition coefficient (Wildman–Crippen LogP) is 3.54. The van der Waals surface area contributed by atoms with E-state index in [0.717, 1.165) is 18.5 Å². The molecule has 0 N–H and O–H groups in total. The van der Waals surface area contributed by atoms with Gasteiger partial charge in [-0.2, -0.15) is 0 Å². The van der Waals surface area contributed by atoms with Crippen LogP contribution < -0.4 is 5.46 Å². The summed E-state index contributed by atoms with van der Waals surface area (Å²) in [6.07, 6.45) is 3.80. The van der Waals surface area contributed by atoms with Gasteiger partial charge in [0.1, 0.15) is 0 Å². The molecule has 22 heavy (non-hydrogen) atoms. The van der Waals surface area contributed by atoms with Crippen molar-refractivity contribution in [2.45, 2.75) is 71.2 Å². The summed E-state index contributed by atoms with van der Waals surface area (Å²) >= 11 is 0. The second kappa shape index (κ2) is 5.66. The first kappa shape index (κ1) is 16.0. The lowest BCUT2D eigenvalue weighted by Crippen LogP contribution is -2.41. The molecule has 0 aromatic heterocycles. The molecule has 1 unspecified atom stereocenters. The molecule has 120 valence electrons. The molecule has 2 fully saturated rings. The molecule has 0 spiro atoms. The predicted molar refractivity (Wildman–Crippen MR) is 89.4 cm³/mol. The van der Waals surface area contributed by atoms with Crippen molar-refractivity contribution >= 4 is 12.6 Å². The summed E-state index contributed by atoms with van der Waals surface area (Å²) in [6.45, 7) is 11.4. The third-order valence-corrected chi connectivity index (χ3v) is 5.35. The molecule has 1 atom stereocenters. The lowest BCUT2D eigenvalue weighted by atomic mass is 9.75. The highest BCUT2D eigenvalue weighted by Gasteiger charge is 2.52. The van der Waals surface area contributed by atoms with Crippen LogP contribution in [-0.2, 0) is 14.0 Å². The summed E-state index contributed by atoms with van der Waals surface area (Å²) in [6, 6.07) is 6.55. The maximum absolute atomic E-state index is 6.16. The third-order valence-electron chi connectivity index (χ3n) is 5.35. The summed E-state index contributed by atoms with van der Waals surface area (Å²) in [5, 5.41) is 0. The van der Waals surface area contributed by atoms with E-state index in [1.165, 1.54) is 24.0 Å². The Bertz CT molecular complexity index is 531. The maximum Gasteiger partial charge on any atom is 0.495 e. The van der Waals surface area contributed by atoms with Crippen molar-refractivity contribution in [1.82, 2.24) is 0 Å². The van der Waals surface area contributed by atoms with Gasteiger partial charge in [0.15, 0.2) is 0 Å². The van der Waals surface area contributed by atoms with Gasteiger partial charge in [-0.1, -0.05) is 23.8 Å². The topological polar surface area (TPSA) is 27.7 Å². The molecule has 2 saturated heterocycles. The minimum Gasteiger partial charge on any atom is -0.399 e. The minimum absolute atomic E-state index is 0.250. The van der Waals surface area contributed by atoms with Gasteiger partial charge in [0.25, 0.3) is 0 Å². The smallest absolute Gasteiger partial charge is 0.399 e. The van der Waals surface area contributed by atoms with Crippen LogP contribution in [0, 0.1) is 6.92 Å². The molecule has 1 aromatic rings. The third kappa shape index (κ3) is 2.84. The molecule has 0 amide bonds. The van der Waals surface area contributed by atoms with Gasteiger partial charge in [-0.05, 0) is 64.9 Å². The largest absolute Gasteiger partial charge is 0.495 e. The number of ether oxygens (including phenoxy) is 1. The Kier molecular flexibility index (Phi) is 4.13. The van der Waals surface area contributed by atoms with Gasteiger partial charge >= 0.3 is 7.12 Å². The summed E-state index contributed by atoms with van der Waals surface area (Å²) in [7, 11) is -0.286. The Labute approximate surface area is 134 Å². The average Bonchev–Trinajstić information content (AvgIpc) is 2.68. The molecule has 0 saturated carbocycles. The van der Waals surface area contributed by atoms with Crippen molar-refractivity contribution in [1.29, 1.82) is 0 Å². The molecule has 0 aliphatic carbocycles. The Morgan fingerprint density at radius 2 is 1.73 bits per heavy atom. The van der Waals surface area contributed by atoms with Gasteiger partial charge in [0.05, 0.1) is 17.3 Å². The molecule has 1 aromatic carbocycles. The van der Waals surface area contributed by atoms with Crippen molar-refractivity contribution in [2.24, 2.45) is 0 Å². The highest BCUT2D eigenvalue weighted by atomic mass is 16.7. The first-order chi connectivity index (χ1) is 10.3. The number of hydrogen-bond donors (Lipinski definition) is 0. The number of benzene rings is 1. The van der Waals surface area contributed by atoms with Crippen molar-refractivity contribution in [3.8, 4) is 0 Å². The fraction of sp³-hybridized carbons (Fsp3) is 0.667. The molecule has 3 rings (SSSR count). The van der Waals surface area contributed by atoms with Gasteiger partial charge in [0.2, 0.25) is 0 Å². The van der Waals surface area contributed by atoms with Crippen molar-refractivity contribution in [3.05, 3.63) is 29.3 Å². The van der Waals surface area contributed by atoms with Crippen LogP contribution in [0.4, 0.5) is 0 Å². The molecule has 2 aliphatic heterocycles. The Morgan fingerprint density at radius 3 is 2.27 bits per heavy atom. The van der Waals surface area contributed by atoms with E-state index in [0.29, 0.717) is 0 Å². The molecule has 2 aliphatic rings. The highest BCUT2D eigenvalue weighted by Crippen LogP contribution is 2.37. The van der Waals surface area contributed by atoms with Gasteiger partial charge in [-0.15, -0.1) is 0 Å². The van der Waals surface area contributed by atoms with E-state index >= 15 is 0 Å². The quantitative estimate of drug-likeness (QED) is 0.782. The van der Waals surface area contributed by atoms with Crippen LogP contribution in [0.2, 0.25) is 0 Å². The first-order valence-corrected chi connectivity index (χ1v) is 8.38. The summed E-state index contributed by atoms with van der Waals surface area (Å²) in [5.41, 5.74) is 3.02. The maximum atomic E-state index is 6.16. The monoisotopic (exact) mass is 302 g/mol. The van der Waals surface area contributed by atoms with Gasteiger partial charge < -0.3 is 14.0 Å². The first-order valence-electron chi connectivity index (χ1n) is 8.38. The van der Waals surface area contributed by atoms with Gasteiger partial charge in [-0.25, -0.2) is 0 Å². The fourth-order valence-corrected chi connectivity index (χ4v) is 3.14. The Hall–Kier alpha value is -0.835. The van der Waals surface area contributed by atoms with E-state index in [-0.39, 0.29) is 24.4 Å². The van der Waals surface area contributed by atoms with Crippen molar-refractivity contribution in [3.63, 3.8) is 0 Å². The molecule has 2 heterocycles. The normalized spacial score (nSPS) is 27.1. The highest BCUT2D eigenvalue weighted by molar-refractivity contribution is 6.62. The number of hydrogen-bond acceptors (Lipinski definition) is 3. The number of aryl methyl sites for hydroxylation is 1. The molecule has 3 nitrogen and oxygen atoms in total. The van der Waals surface area contributed by atoms with Crippen LogP contribution in [-0.4, -0.2) is 24.9 Å². The molecule has 0 radical (unpaired) electrons. The van der Waals surface area contributed by atoms with E-state index in [4.69, 9.17) is 14.0 Å². The lowest BCUT2D eigenvalue weighted by Gasteiger charge is -2.32. The van der Waals surface area contributed by atoms with Crippen LogP contribution in [0.3, 0.4) is 0 Å². The van der Waals surface area contributed by atoms with Crippen molar-refractivity contribution in [2.75, 3.05) is 6.61 Å². The number of rotatable bonds is 2. The van der Waals surface area contributed by atoms with E-state index in [1.54, 1.807) is 0 Å². The SMILES string of the molecule is Cc1cc(C2CCCCO2)ccc1B1OC(C)(C)C(C)(C)O1. The van der Waals surface area contributed by atoms with E-state index in [2.05, 4.69) is 52.8 Å². The van der Waals surface area contributed by atoms with Gasteiger partial charge in [0, 0.05) is 6.61 Å². The van der Waals surface area contributed by atoms with Gasteiger partial charge in [-0.3, -0.25) is 0 Å². The van der Waals surface area contributed by atoms with Crippen LogP contribution in [0.1, 0.15) is 64.2 Å². The minimum atomic E-state index is -0.296. The standard InChI is InChI=1S/C18H27BO3/c1-13-12-14(16-8-6-7-11-20-16)9-10-15(13)19-21-17(2,3)18(4,5)22-19/h9-10,12,16H,6-8,11H2,1-5H3. The molecular weight excluding hydrogens is 275 g/mol. The zero-order valence-electron chi connectivity index (χ0n) is 14.4. The van der Waals surface area contributed by atoms with Crippen LogP contribution >= 0.6 is 0 Å². The summed E-state index contributed by atoms with van der Waals surface area (Å²) in [4.78, 5) is 0. The van der Waals surface area contributed by atoms with Crippen LogP contribution in [0.5, 0.6) is 0 Å². The zero-order chi connectivity index (χ0) is 16.0. The zero-order valence-corrected chi connectivity index (χ0v) is 14.4. The second-order valence-electron chi connectivity index (χ2n) is 7.56. The van der Waals surface area contributed by atoms with Crippen LogP contribution in [0.15, 0.2) is 18.2 Å². The molecule has 0 bridgehead atoms. The Balaban J connectivity index is 1.81. The van der Waals surface area contributed by atoms with E-state index in [1.807, 2.05) is 0 Å². The van der Waals surface area contributed by atoms with Crippen molar-refractivity contribution < 1.29 is 14.0 Å². The molecule has 4 heteroatoms. The summed E-state index contributed by atoms with van der Waals surface area (Å²) in [5.74, 6) is 0. The van der Waals surface area contributed by atoms with E-state index < -0.39 is 0 Å². The average molecular weight is 302 g/mol.